The van der Waals surface area contributed by atoms with E-state index in [0.29, 0.717) is 6.10 Å². The summed E-state index contributed by atoms with van der Waals surface area (Å²) < 4.78 is 17.6. The Kier molecular flexibility index (Phi) is 1.43. The number of hydrogen-bond donors (Lipinski definition) is 0. The van der Waals surface area contributed by atoms with Gasteiger partial charge in [0.1, 0.15) is 11.9 Å². The van der Waals surface area contributed by atoms with Crippen LogP contribution in [0.1, 0.15) is 18.6 Å². The van der Waals surface area contributed by atoms with Gasteiger partial charge in [-0.25, -0.2) is 4.39 Å². The predicted molar refractivity (Wildman–Crippen MR) is 39.7 cm³/mol. The first-order valence-electron chi connectivity index (χ1n) is 3.68. The van der Waals surface area contributed by atoms with Crippen molar-refractivity contribution in [1.29, 1.82) is 0 Å². The molecule has 0 N–H and O–H groups in total. The normalized spacial score (nSPS) is 28.5. The average molecular weight is 152 g/mol. The molecule has 58 valence electrons. The second kappa shape index (κ2) is 2.31. The maximum absolute atomic E-state index is 12.4. The topological polar surface area (TPSA) is 12.5 Å². The van der Waals surface area contributed by atoms with Crippen molar-refractivity contribution in [1.82, 2.24) is 0 Å². The zero-order valence-electron chi connectivity index (χ0n) is 6.25. The van der Waals surface area contributed by atoms with Gasteiger partial charge in [-0.05, 0) is 24.6 Å². The van der Waals surface area contributed by atoms with E-state index in [1.54, 1.807) is 12.1 Å². The van der Waals surface area contributed by atoms with Gasteiger partial charge in [-0.2, -0.15) is 0 Å². The molecule has 1 aliphatic rings. The second-order valence-corrected chi connectivity index (χ2v) is 2.81. The van der Waals surface area contributed by atoms with Crippen molar-refractivity contribution in [3.05, 3.63) is 35.6 Å². The summed E-state index contributed by atoms with van der Waals surface area (Å²) in [5, 5.41) is 0. The van der Waals surface area contributed by atoms with E-state index in [-0.39, 0.29) is 11.9 Å². The molecule has 2 heteroatoms. The van der Waals surface area contributed by atoms with Crippen LogP contribution in [0.15, 0.2) is 24.3 Å². The van der Waals surface area contributed by atoms with Crippen molar-refractivity contribution >= 4 is 0 Å². The van der Waals surface area contributed by atoms with E-state index in [0.717, 1.165) is 5.56 Å². The number of hydrogen-bond acceptors (Lipinski definition) is 1. The lowest BCUT2D eigenvalue weighted by Gasteiger charge is -1.93. The van der Waals surface area contributed by atoms with Gasteiger partial charge in [0.15, 0.2) is 0 Å². The summed E-state index contributed by atoms with van der Waals surface area (Å²) in [5.41, 5.74) is 1.07. The lowest BCUT2D eigenvalue weighted by Crippen LogP contribution is -1.83. The Balaban J connectivity index is 2.21. The van der Waals surface area contributed by atoms with E-state index in [2.05, 4.69) is 0 Å². The van der Waals surface area contributed by atoms with Crippen LogP contribution >= 0.6 is 0 Å². The molecule has 0 aliphatic carbocycles. The minimum absolute atomic E-state index is 0.193. The Morgan fingerprint density at radius 3 is 2.27 bits per heavy atom. The van der Waals surface area contributed by atoms with Gasteiger partial charge in [0.25, 0.3) is 0 Å². The van der Waals surface area contributed by atoms with E-state index < -0.39 is 0 Å². The van der Waals surface area contributed by atoms with Crippen LogP contribution in [-0.2, 0) is 4.74 Å². The molecule has 0 bridgehead atoms. The van der Waals surface area contributed by atoms with E-state index in [9.17, 15) is 4.39 Å². The number of ether oxygens (including phenoxy) is 1. The molecule has 1 saturated heterocycles. The third-order valence-electron chi connectivity index (χ3n) is 1.91. The Morgan fingerprint density at radius 2 is 1.82 bits per heavy atom. The SMILES string of the molecule is C[C@H]1O[C@@H]1c1ccc(F)cc1. The maximum atomic E-state index is 12.4. The highest BCUT2D eigenvalue weighted by Crippen LogP contribution is 2.37. The molecule has 1 aromatic rings. The maximum Gasteiger partial charge on any atom is 0.123 e. The fraction of sp³-hybridized carbons (Fsp3) is 0.333. The van der Waals surface area contributed by atoms with E-state index >= 15 is 0 Å². The van der Waals surface area contributed by atoms with Crippen LogP contribution in [0.3, 0.4) is 0 Å². The molecule has 1 aliphatic heterocycles. The second-order valence-electron chi connectivity index (χ2n) is 2.81. The minimum atomic E-state index is -0.193. The van der Waals surface area contributed by atoms with Crippen LogP contribution in [0.5, 0.6) is 0 Å². The predicted octanol–water partition coefficient (Wildman–Crippen LogP) is 2.29. The van der Waals surface area contributed by atoms with Crippen molar-refractivity contribution in [3.8, 4) is 0 Å². The molecule has 0 aromatic heterocycles. The van der Waals surface area contributed by atoms with Crippen LogP contribution < -0.4 is 0 Å². The van der Waals surface area contributed by atoms with Gasteiger partial charge in [0.05, 0.1) is 6.10 Å². The third-order valence-corrected chi connectivity index (χ3v) is 1.91. The van der Waals surface area contributed by atoms with Crippen molar-refractivity contribution < 1.29 is 9.13 Å². The number of epoxide rings is 1. The van der Waals surface area contributed by atoms with Crippen molar-refractivity contribution in [2.75, 3.05) is 0 Å². The van der Waals surface area contributed by atoms with E-state index in [4.69, 9.17) is 4.74 Å². The van der Waals surface area contributed by atoms with Gasteiger partial charge in [-0.15, -0.1) is 0 Å². The lowest BCUT2D eigenvalue weighted by molar-refractivity contribution is 0.383. The molecule has 2 atom stereocenters. The average Bonchev–Trinajstić information content (AvgIpc) is 2.69. The quantitative estimate of drug-likeness (QED) is 0.562. The molecule has 0 saturated carbocycles. The first-order valence-corrected chi connectivity index (χ1v) is 3.68. The largest absolute Gasteiger partial charge is 0.365 e. The van der Waals surface area contributed by atoms with Gasteiger partial charge >= 0.3 is 0 Å². The van der Waals surface area contributed by atoms with Gasteiger partial charge in [-0.1, -0.05) is 12.1 Å². The molecule has 1 aromatic carbocycles. The molecule has 0 radical (unpaired) electrons. The van der Waals surface area contributed by atoms with Gasteiger partial charge in [-0.3, -0.25) is 0 Å². The summed E-state index contributed by atoms with van der Waals surface area (Å²) >= 11 is 0. The molecular weight excluding hydrogens is 143 g/mol. The molecule has 2 rings (SSSR count). The summed E-state index contributed by atoms with van der Waals surface area (Å²) in [6, 6.07) is 6.46. The van der Waals surface area contributed by atoms with Crippen LogP contribution in [0.25, 0.3) is 0 Å². The summed E-state index contributed by atoms with van der Waals surface area (Å²) in [7, 11) is 0. The van der Waals surface area contributed by atoms with Crippen molar-refractivity contribution in [3.63, 3.8) is 0 Å². The standard InChI is InChI=1S/C9H9FO/c1-6-9(11-6)7-2-4-8(10)5-3-7/h2-6,9H,1H3/t6-,9+/m1/s1. The van der Waals surface area contributed by atoms with Crippen molar-refractivity contribution in [2.45, 2.75) is 19.1 Å². The number of halogens is 1. The summed E-state index contributed by atoms with van der Waals surface area (Å²) in [5.74, 6) is -0.193. The highest BCUT2D eigenvalue weighted by Gasteiger charge is 2.35. The highest BCUT2D eigenvalue weighted by molar-refractivity contribution is 5.22. The van der Waals surface area contributed by atoms with Crippen LogP contribution in [0.2, 0.25) is 0 Å². The van der Waals surface area contributed by atoms with Gasteiger partial charge in [0, 0.05) is 0 Å². The van der Waals surface area contributed by atoms with Crippen molar-refractivity contribution in [2.24, 2.45) is 0 Å². The number of rotatable bonds is 1. The van der Waals surface area contributed by atoms with E-state index in [1.165, 1.54) is 12.1 Å². The summed E-state index contributed by atoms with van der Waals surface area (Å²) in [6.07, 6.45) is 0.510. The number of benzene rings is 1. The molecule has 1 heterocycles. The Bertz CT molecular complexity index is 255. The Labute approximate surface area is 64.8 Å². The highest BCUT2D eigenvalue weighted by atomic mass is 19.1. The molecule has 1 fully saturated rings. The first-order chi connectivity index (χ1) is 5.27. The molecule has 11 heavy (non-hydrogen) atoms. The van der Waals surface area contributed by atoms with E-state index in [1.807, 2.05) is 6.92 Å². The smallest absolute Gasteiger partial charge is 0.123 e. The first kappa shape index (κ1) is 6.80. The lowest BCUT2D eigenvalue weighted by atomic mass is 10.1. The fourth-order valence-electron chi connectivity index (χ4n) is 1.19. The van der Waals surface area contributed by atoms with Crippen LogP contribution in [0, 0.1) is 5.82 Å². The molecule has 0 unspecified atom stereocenters. The molecule has 0 amide bonds. The zero-order chi connectivity index (χ0) is 7.84. The minimum Gasteiger partial charge on any atom is -0.365 e. The Morgan fingerprint density at radius 1 is 1.27 bits per heavy atom. The monoisotopic (exact) mass is 152 g/mol. The summed E-state index contributed by atoms with van der Waals surface area (Å²) in [4.78, 5) is 0. The van der Waals surface area contributed by atoms with Crippen LogP contribution in [0.4, 0.5) is 4.39 Å². The van der Waals surface area contributed by atoms with Crippen LogP contribution in [-0.4, -0.2) is 6.10 Å². The third kappa shape index (κ3) is 1.26. The molecule has 1 nitrogen and oxygen atoms in total. The molecular formula is C9H9FO. The zero-order valence-corrected chi connectivity index (χ0v) is 6.25. The molecule has 0 spiro atoms. The summed E-state index contributed by atoms with van der Waals surface area (Å²) in [6.45, 7) is 2.01. The fourth-order valence-corrected chi connectivity index (χ4v) is 1.19. The van der Waals surface area contributed by atoms with Gasteiger partial charge < -0.3 is 4.74 Å². The Hall–Kier alpha value is -0.890. The van der Waals surface area contributed by atoms with Gasteiger partial charge in [0.2, 0.25) is 0 Å².